The third-order valence-electron chi connectivity index (χ3n) is 1.89. The summed E-state index contributed by atoms with van der Waals surface area (Å²) in [5, 5.41) is 9.28. The molecule has 1 unspecified atom stereocenters. The Hall–Kier alpha value is -1.31. The zero-order valence-electron chi connectivity index (χ0n) is 9.24. The fourth-order valence-electron chi connectivity index (χ4n) is 1.17. The highest BCUT2D eigenvalue weighted by molar-refractivity contribution is 7.85. The number of ether oxygens (including phenoxy) is 2. The molecule has 1 aromatic carbocycles. The predicted octanol–water partition coefficient (Wildman–Crippen LogP) is 0.323. The van der Waals surface area contributed by atoms with E-state index in [-0.39, 0.29) is 6.61 Å². The molecule has 0 radical (unpaired) electrons. The largest absolute Gasteiger partial charge is 0.497 e. The second-order valence-corrected chi connectivity index (χ2v) is 4.89. The number of hydrogen-bond donors (Lipinski definition) is 2. The summed E-state index contributed by atoms with van der Waals surface area (Å²) >= 11 is 0. The van der Waals surface area contributed by atoms with E-state index in [4.69, 9.17) is 14.0 Å². The van der Waals surface area contributed by atoms with Crippen LogP contribution in [0.4, 0.5) is 0 Å². The minimum absolute atomic E-state index is 0.229. The Labute approximate surface area is 99.5 Å². The van der Waals surface area contributed by atoms with Crippen molar-refractivity contribution in [3.8, 4) is 11.5 Å². The Bertz CT molecular complexity index is 456. The van der Waals surface area contributed by atoms with Crippen molar-refractivity contribution in [2.24, 2.45) is 0 Å². The van der Waals surface area contributed by atoms with E-state index >= 15 is 0 Å². The molecule has 0 saturated heterocycles. The number of rotatable bonds is 6. The number of benzene rings is 1. The lowest BCUT2D eigenvalue weighted by Gasteiger charge is -2.11. The Kier molecular flexibility index (Phi) is 4.73. The van der Waals surface area contributed by atoms with Gasteiger partial charge in [0, 0.05) is 6.07 Å². The summed E-state index contributed by atoms with van der Waals surface area (Å²) < 4.78 is 39.6. The molecule has 2 N–H and O–H groups in total. The van der Waals surface area contributed by atoms with Gasteiger partial charge >= 0.3 is 0 Å². The highest BCUT2D eigenvalue weighted by atomic mass is 32.2. The summed E-state index contributed by atoms with van der Waals surface area (Å²) in [6, 6.07) is 6.66. The van der Waals surface area contributed by atoms with Gasteiger partial charge in [-0.25, -0.2) is 0 Å². The highest BCUT2D eigenvalue weighted by Gasteiger charge is 2.14. The first-order valence-electron chi connectivity index (χ1n) is 4.81. The van der Waals surface area contributed by atoms with E-state index in [0.717, 1.165) is 0 Å². The average Bonchev–Trinajstić information content (AvgIpc) is 2.24. The molecule has 0 aromatic heterocycles. The molecule has 1 atom stereocenters. The SMILES string of the molecule is COc1cccc(OCC(O)CS(=O)(=O)O)c1. The molecule has 96 valence electrons. The van der Waals surface area contributed by atoms with Gasteiger partial charge in [-0.3, -0.25) is 4.55 Å². The van der Waals surface area contributed by atoms with E-state index in [2.05, 4.69) is 0 Å². The van der Waals surface area contributed by atoms with Gasteiger partial charge in [0.2, 0.25) is 0 Å². The highest BCUT2D eigenvalue weighted by Crippen LogP contribution is 2.18. The molecule has 0 fully saturated rings. The van der Waals surface area contributed by atoms with Crippen molar-refractivity contribution in [3.63, 3.8) is 0 Å². The Morgan fingerprint density at radius 3 is 2.59 bits per heavy atom. The lowest BCUT2D eigenvalue weighted by molar-refractivity contribution is 0.123. The molecule has 7 heteroatoms. The van der Waals surface area contributed by atoms with E-state index in [1.54, 1.807) is 24.3 Å². The van der Waals surface area contributed by atoms with Gasteiger partial charge in [-0.2, -0.15) is 8.42 Å². The Morgan fingerprint density at radius 1 is 1.35 bits per heavy atom. The number of aliphatic hydroxyl groups is 1. The van der Waals surface area contributed by atoms with Crippen molar-refractivity contribution in [3.05, 3.63) is 24.3 Å². The monoisotopic (exact) mass is 262 g/mol. The van der Waals surface area contributed by atoms with Gasteiger partial charge in [-0.1, -0.05) is 6.07 Å². The first-order valence-corrected chi connectivity index (χ1v) is 6.41. The average molecular weight is 262 g/mol. The van der Waals surface area contributed by atoms with E-state index < -0.39 is 22.0 Å². The topological polar surface area (TPSA) is 93.1 Å². The maximum atomic E-state index is 10.5. The number of methoxy groups -OCH3 is 1. The summed E-state index contributed by atoms with van der Waals surface area (Å²) in [6.07, 6.45) is -1.28. The van der Waals surface area contributed by atoms with Crippen molar-refractivity contribution >= 4 is 10.1 Å². The maximum absolute atomic E-state index is 10.5. The zero-order valence-corrected chi connectivity index (χ0v) is 10.1. The molecule has 0 spiro atoms. The molecule has 0 bridgehead atoms. The van der Waals surface area contributed by atoms with Crippen LogP contribution in [0.2, 0.25) is 0 Å². The second-order valence-electron chi connectivity index (χ2n) is 3.39. The van der Waals surface area contributed by atoms with Gasteiger partial charge in [0.25, 0.3) is 10.1 Å². The molecular weight excluding hydrogens is 248 g/mol. The van der Waals surface area contributed by atoms with Crippen LogP contribution < -0.4 is 9.47 Å². The van der Waals surface area contributed by atoms with Crippen molar-refractivity contribution in [1.82, 2.24) is 0 Å². The zero-order chi connectivity index (χ0) is 12.9. The third-order valence-corrected chi connectivity index (χ3v) is 2.69. The molecule has 0 heterocycles. The van der Waals surface area contributed by atoms with Crippen LogP contribution >= 0.6 is 0 Å². The molecule has 0 amide bonds. The molecule has 0 aliphatic carbocycles. The predicted molar refractivity (Wildman–Crippen MR) is 60.9 cm³/mol. The quantitative estimate of drug-likeness (QED) is 0.717. The van der Waals surface area contributed by atoms with Crippen LogP contribution in [0.25, 0.3) is 0 Å². The fourth-order valence-corrected chi connectivity index (χ4v) is 1.76. The van der Waals surface area contributed by atoms with Gasteiger partial charge < -0.3 is 14.6 Å². The van der Waals surface area contributed by atoms with Crippen molar-refractivity contribution < 1.29 is 27.6 Å². The first kappa shape index (κ1) is 13.8. The van der Waals surface area contributed by atoms with Crippen LogP contribution in [-0.2, 0) is 10.1 Å². The molecule has 1 rings (SSSR count). The summed E-state index contributed by atoms with van der Waals surface area (Å²) in [6.45, 7) is -0.229. The Morgan fingerprint density at radius 2 is 2.00 bits per heavy atom. The molecule has 0 aliphatic heterocycles. The van der Waals surface area contributed by atoms with Crippen LogP contribution in [0, 0.1) is 0 Å². The van der Waals surface area contributed by atoms with Crippen molar-refractivity contribution in [2.75, 3.05) is 19.5 Å². The maximum Gasteiger partial charge on any atom is 0.267 e. The van der Waals surface area contributed by atoms with E-state index in [1.165, 1.54) is 7.11 Å². The molecule has 0 saturated carbocycles. The van der Waals surface area contributed by atoms with Crippen LogP contribution in [0.15, 0.2) is 24.3 Å². The summed E-state index contributed by atoms with van der Waals surface area (Å²) in [5.74, 6) is 0.280. The first-order chi connectivity index (χ1) is 7.90. The second kappa shape index (κ2) is 5.85. The molecule has 6 nitrogen and oxygen atoms in total. The minimum Gasteiger partial charge on any atom is -0.497 e. The summed E-state index contributed by atoms with van der Waals surface area (Å²) in [5.41, 5.74) is 0. The van der Waals surface area contributed by atoms with Gasteiger partial charge in [0.1, 0.15) is 30.0 Å². The smallest absolute Gasteiger partial charge is 0.267 e. The van der Waals surface area contributed by atoms with E-state index in [0.29, 0.717) is 11.5 Å². The van der Waals surface area contributed by atoms with Gasteiger partial charge in [-0.05, 0) is 12.1 Å². The van der Waals surface area contributed by atoms with E-state index in [1.807, 2.05) is 0 Å². The summed E-state index contributed by atoms with van der Waals surface area (Å²) in [7, 11) is -2.69. The van der Waals surface area contributed by atoms with Crippen molar-refractivity contribution in [2.45, 2.75) is 6.10 Å². The molecule has 17 heavy (non-hydrogen) atoms. The van der Waals surface area contributed by atoms with Gasteiger partial charge in [0.15, 0.2) is 0 Å². The van der Waals surface area contributed by atoms with Crippen LogP contribution in [0.5, 0.6) is 11.5 Å². The fraction of sp³-hybridized carbons (Fsp3) is 0.400. The Balaban J connectivity index is 2.49. The normalized spacial score (nSPS) is 13.1. The van der Waals surface area contributed by atoms with Crippen molar-refractivity contribution in [1.29, 1.82) is 0 Å². The standard InChI is InChI=1S/C10H14O6S/c1-15-9-3-2-4-10(5-9)16-6-8(11)7-17(12,13)14/h2-5,8,11H,6-7H2,1H3,(H,12,13,14). The minimum atomic E-state index is -4.20. The molecular formula is C10H14O6S. The number of hydrogen-bond acceptors (Lipinski definition) is 5. The van der Waals surface area contributed by atoms with Crippen LogP contribution in [-0.4, -0.2) is 43.7 Å². The lowest BCUT2D eigenvalue weighted by Crippen LogP contribution is -2.26. The van der Waals surface area contributed by atoms with E-state index in [9.17, 15) is 13.5 Å². The molecule has 1 aromatic rings. The molecule has 0 aliphatic rings. The van der Waals surface area contributed by atoms with Crippen LogP contribution in [0.3, 0.4) is 0 Å². The lowest BCUT2D eigenvalue weighted by atomic mass is 10.3. The third kappa shape index (κ3) is 5.53. The number of aliphatic hydroxyl groups excluding tert-OH is 1. The van der Waals surface area contributed by atoms with Crippen LogP contribution in [0.1, 0.15) is 0 Å². The summed E-state index contributed by atoms with van der Waals surface area (Å²) in [4.78, 5) is 0. The van der Waals surface area contributed by atoms with Gasteiger partial charge in [-0.15, -0.1) is 0 Å². The van der Waals surface area contributed by atoms with Gasteiger partial charge in [0.05, 0.1) is 7.11 Å².